The van der Waals surface area contributed by atoms with E-state index in [9.17, 15) is 0 Å². The summed E-state index contributed by atoms with van der Waals surface area (Å²) in [5, 5.41) is 1.19. The fourth-order valence-corrected chi connectivity index (χ4v) is 3.73. The Hall–Kier alpha value is -3.26. The van der Waals surface area contributed by atoms with Gasteiger partial charge in [0.2, 0.25) is 0 Å². The Kier molecular flexibility index (Phi) is 3.42. The lowest BCUT2D eigenvalue weighted by Crippen LogP contribution is -1.91. The van der Waals surface area contributed by atoms with Crippen LogP contribution in [0.15, 0.2) is 77.2 Å². The number of aryl methyl sites for hydroxylation is 1. The van der Waals surface area contributed by atoms with Crippen LogP contribution < -0.4 is 5.73 Å². The molecule has 0 saturated heterocycles. The van der Waals surface area contributed by atoms with Crippen LogP contribution in [0.4, 0.5) is 5.69 Å². The predicted molar refractivity (Wildman–Crippen MR) is 109 cm³/mol. The average molecular weight is 337 g/mol. The Balaban J connectivity index is 1.65. The number of rotatable bonds is 2. The van der Waals surface area contributed by atoms with E-state index in [1.54, 1.807) is 0 Å². The molecule has 0 radical (unpaired) electrons. The number of anilines is 1. The van der Waals surface area contributed by atoms with E-state index in [1.165, 1.54) is 16.5 Å². The van der Waals surface area contributed by atoms with Crippen molar-refractivity contribution in [3.8, 4) is 22.3 Å². The van der Waals surface area contributed by atoms with E-state index >= 15 is 0 Å². The molecule has 3 aromatic carbocycles. The van der Waals surface area contributed by atoms with Crippen LogP contribution in [0, 0.1) is 0 Å². The van der Waals surface area contributed by atoms with Gasteiger partial charge in [0, 0.05) is 28.6 Å². The highest BCUT2D eigenvalue weighted by atomic mass is 16.3. The first kappa shape index (κ1) is 15.0. The number of furan rings is 1. The average Bonchev–Trinajstić information content (AvgIpc) is 3.07. The van der Waals surface area contributed by atoms with Crippen molar-refractivity contribution in [2.24, 2.45) is 0 Å². The zero-order valence-electron chi connectivity index (χ0n) is 14.4. The first-order valence-electron chi connectivity index (χ1n) is 8.97. The van der Waals surface area contributed by atoms with Crippen LogP contribution >= 0.6 is 0 Å². The van der Waals surface area contributed by atoms with E-state index in [2.05, 4.69) is 54.6 Å². The van der Waals surface area contributed by atoms with Crippen molar-refractivity contribution in [2.75, 3.05) is 5.73 Å². The number of hydrogen-bond acceptors (Lipinski definition) is 2. The third kappa shape index (κ3) is 2.42. The third-order valence-corrected chi connectivity index (χ3v) is 5.10. The quantitative estimate of drug-likeness (QED) is 0.435. The van der Waals surface area contributed by atoms with Crippen molar-refractivity contribution in [2.45, 2.75) is 12.8 Å². The fourth-order valence-electron chi connectivity index (χ4n) is 3.73. The van der Waals surface area contributed by atoms with Gasteiger partial charge in [-0.2, -0.15) is 0 Å². The molecule has 1 aliphatic rings. The lowest BCUT2D eigenvalue weighted by molar-refractivity contribution is 0.546. The zero-order valence-corrected chi connectivity index (χ0v) is 14.4. The minimum Gasteiger partial charge on any atom is -0.460 e. The van der Waals surface area contributed by atoms with E-state index in [-0.39, 0.29) is 0 Å². The molecule has 0 bridgehead atoms. The second-order valence-corrected chi connectivity index (χ2v) is 6.76. The van der Waals surface area contributed by atoms with Crippen molar-refractivity contribution in [1.82, 2.24) is 0 Å². The van der Waals surface area contributed by atoms with Gasteiger partial charge in [0.05, 0.1) is 0 Å². The van der Waals surface area contributed by atoms with Gasteiger partial charge in [-0.1, -0.05) is 54.6 Å². The fraction of sp³-hybridized carbons (Fsp3) is 0.0833. The molecule has 0 amide bonds. The Morgan fingerprint density at radius 3 is 2.50 bits per heavy atom. The summed E-state index contributed by atoms with van der Waals surface area (Å²) >= 11 is 0. The number of nitrogen functional groups attached to an aromatic ring is 1. The SMILES string of the molecule is Nc1ccc(-c2ccc3oc4c(c3c2)C=CCC4)cc1-c1ccccc1. The van der Waals surface area contributed by atoms with E-state index < -0.39 is 0 Å². The minimum atomic E-state index is 0.796. The zero-order chi connectivity index (χ0) is 17.5. The summed E-state index contributed by atoms with van der Waals surface area (Å²) < 4.78 is 6.02. The van der Waals surface area contributed by atoms with E-state index in [0.29, 0.717) is 0 Å². The summed E-state index contributed by atoms with van der Waals surface area (Å²) in [6.45, 7) is 0. The highest BCUT2D eigenvalue weighted by molar-refractivity contribution is 5.93. The Bertz CT molecular complexity index is 1140. The molecule has 126 valence electrons. The highest BCUT2D eigenvalue weighted by Crippen LogP contribution is 2.36. The number of hydrogen-bond donors (Lipinski definition) is 1. The molecule has 0 spiro atoms. The van der Waals surface area contributed by atoms with Crippen molar-refractivity contribution in [1.29, 1.82) is 0 Å². The molecule has 4 aromatic rings. The van der Waals surface area contributed by atoms with Gasteiger partial charge in [0.15, 0.2) is 0 Å². The highest BCUT2D eigenvalue weighted by Gasteiger charge is 2.15. The molecule has 2 nitrogen and oxygen atoms in total. The van der Waals surface area contributed by atoms with Crippen molar-refractivity contribution in [3.05, 3.63) is 84.1 Å². The van der Waals surface area contributed by atoms with Crippen LogP contribution in [0.25, 0.3) is 39.3 Å². The van der Waals surface area contributed by atoms with Crippen LogP contribution in [-0.2, 0) is 6.42 Å². The monoisotopic (exact) mass is 337 g/mol. The summed E-state index contributed by atoms with van der Waals surface area (Å²) in [4.78, 5) is 0. The number of benzene rings is 3. The third-order valence-electron chi connectivity index (χ3n) is 5.10. The topological polar surface area (TPSA) is 39.2 Å². The molecule has 0 unspecified atom stereocenters. The first-order chi connectivity index (χ1) is 12.8. The van der Waals surface area contributed by atoms with Gasteiger partial charge in [0.25, 0.3) is 0 Å². The summed E-state index contributed by atoms with van der Waals surface area (Å²) in [6.07, 6.45) is 6.45. The smallest absolute Gasteiger partial charge is 0.134 e. The van der Waals surface area contributed by atoms with Crippen LogP contribution in [0.2, 0.25) is 0 Å². The molecule has 0 saturated carbocycles. The number of nitrogens with two attached hydrogens (primary N) is 1. The predicted octanol–water partition coefficient (Wildman–Crippen LogP) is 6.31. The molecule has 5 rings (SSSR count). The van der Waals surface area contributed by atoms with Crippen LogP contribution in [0.5, 0.6) is 0 Å². The molecule has 1 heterocycles. The maximum absolute atomic E-state index is 6.24. The van der Waals surface area contributed by atoms with Gasteiger partial charge >= 0.3 is 0 Å². The largest absolute Gasteiger partial charge is 0.460 e. The Morgan fingerprint density at radius 2 is 1.62 bits per heavy atom. The van der Waals surface area contributed by atoms with Gasteiger partial charge in [0.1, 0.15) is 11.3 Å². The van der Waals surface area contributed by atoms with E-state index in [0.717, 1.165) is 46.6 Å². The number of allylic oxidation sites excluding steroid dienone is 1. The molecule has 2 N–H and O–H groups in total. The summed E-state index contributed by atoms with van der Waals surface area (Å²) in [5.41, 5.74) is 13.8. The first-order valence-corrected chi connectivity index (χ1v) is 8.97. The van der Waals surface area contributed by atoms with Gasteiger partial charge in [-0.25, -0.2) is 0 Å². The molecular formula is C24H19NO. The normalized spacial score (nSPS) is 13.1. The molecule has 1 aliphatic carbocycles. The lowest BCUT2D eigenvalue weighted by atomic mass is 9.95. The van der Waals surface area contributed by atoms with Crippen molar-refractivity contribution in [3.63, 3.8) is 0 Å². The molecule has 1 aromatic heterocycles. The lowest BCUT2D eigenvalue weighted by Gasteiger charge is -2.10. The van der Waals surface area contributed by atoms with Gasteiger partial charge < -0.3 is 10.2 Å². The van der Waals surface area contributed by atoms with Crippen molar-refractivity contribution >= 4 is 22.7 Å². The number of fused-ring (bicyclic) bond motifs is 3. The molecule has 2 heteroatoms. The minimum absolute atomic E-state index is 0.796. The van der Waals surface area contributed by atoms with Crippen LogP contribution in [0.1, 0.15) is 17.7 Å². The maximum Gasteiger partial charge on any atom is 0.134 e. The molecular weight excluding hydrogens is 318 g/mol. The maximum atomic E-state index is 6.24. The Labute approximate surface area is 152 Å². The molecule has 26 heavy (non-hydrogen) atoms. The Morgan fingerprint density at radius 1 is 0.808 bits per heavy atom. The van der Waals surface area contributed by atoms with Crippen molar-refractivity contribution < 1.29 is 4.42 Å². The standard InChI is InChI=1S/C24H19NO/c25-22-12-10-17(14-20(22)16-6-2-1-3-7-16)18-11-13-24-21(15-18)19-8-4-5-9-23(19)26-24/h1-4,6-8,10-15H,5,9,25H2. The van der Waals surface area contributed by atoms with E-state index in [4.69, 9.17) is 10.2 Å². The van der Waals surface area contributed by atoms with Gasteiger partial charge in [-0.15, -0.1) is 0 Å². The molecule has 0 aliphatic heterocycles. The van der Waals surface area contributed by atoms with Crippen LogP contribution in [-0.4, -0.2) is 0 Å². The molecule has 0 atom stereocenters. The van der Waals surface area contributed by atoms with Crippen LogP contribution in [0.3, 0.4) is 0 Å². The summed E-state index contributed by atoms with van der Waals surface area (Å²) in [5.74, 6) is 1.10. The second kappa shape index (κ2) is 5.92. The second-order valence-electron chi connectivity index (χ2n) is 6.76. The summed E-state index contributed by atoms with van der Waals surface area (Å²) in [6, 6.07) is 23.0. The van der Waals surface area contributed by atoms with Gasteiger partial charge in [-0.05, 0) is 47.4 Å². The van der Waals surface area contributed by atoms with Gasteiger partial charge in [-0.3, -0.25) is 0 Å². The summed E-state index contributed by atoms with van der Waals surface area (Å²) in [7, 11) is 0. The van der Waals surface area contributed by atoms with E-state index in [1.807, 2.05) is 24.3 Å². The molecule has 0 fully saturated rings.